The Kier molecular flexibility index (Phi) is 4.47. The summed E-state index contributed by atoms with van der Waals surface area (Å²) in [6, 6.07) is 8.23. The number of hydrogen-bond acceptors (Lipinski definition) is 6. The number of nitrogens with one attached hydrogen (secondary N) is 1. The fourth-order valence-electron chi connectivity index (χ4n) is 2.54. The van der Waals surface area contributed by atoms with Gasteiger partial charge in [0.2, 0.25) is 0 Å². The summed E-state index contributed by atoms with van der Waals surface area (Å²) in [4.78, 5) is 19.4. The van der Waals surface area contributed by atoms with E-state index < -0.39 is 4.92 Å². The number of anilines is 1. The van der Waals surface area contributed by atoms with Crippen molar-refractivity contribution < 1.29 is 9.66 Å². The van der Waals surface area contributed by atoms with E-state index in [2.05, 4.69) is 15.3 Å². The van der Waals surface area contributed by atoms with Gasteiger partial charge in [-0.05, 0) is 13.3 Å². The zero-order valence-electron chi connectivity index (χ0n) is 12.9. The summed E-state index contributed by atoms with van der Waals surface area (Å²) in [5, 5.41) is 14.2. The number of aromatic nitrogens is 2. The predicted molar refractivity (Wildman–Crippen MR) is 86.3 cm³/mol. The van der Waals surface area contributed by atoms with E-state index in [1.165, 1.54) is 12.1 Å². The molecule has 0 amide bonds. The van der Waals surface area contributed by atoms with Crippen molar-refractivity contribution >= 4 is 11.5 Å². The average molecular weight is 314 g/mol. The molecular formula is C16H18N4O3. The molecule has 7 nitrogen and oxygen atoms in total. The number of rotatable bonds is 5. The molecule has 0 saturated carbocycles. The van der Waals surface area contributed by atoms with E-state index in [1.807, 2.05) is 13.0 Å². The molecule has 1 N–H and O–H groups in total. The monoisotopic (exact) mass is 314 g/mol. The van der Waals surface area contributed by atoms with Crippen LogP contribution in [0.2, 0.25) is 0 Å². The first kappa shape index (κ1) is 15.4. The molecule has 1 aromatic heterocycles. The summed E-state index contributed by atoms with van der Waals surface area (Å²) in [5.41, 5.74) is 1.48. The quantitative estimate of drug-likeness (QED) is 0.674. The second-order valence-corrected chi connectivity index (χ2v) is 5.64. The van der Waals surface area contributed by atoms with Gasteiger partial charge in [-0.1, -0.05) is 12.1 Å². The number of nitro groups is 1. The molecule has 2 heterocycles. The highest BCUT2D eigenvalue weighted by Crippen LogP contribution is 2.23. The fraction of sp³-hybridized carbons (Fsp3) is 0.375. The first-order chi connectivity index (χ1) is 11.1. The van der Waals surface area contributed by atoms with Crippen molar-refractivity contribution in [2.24, 2.45) is 5.92 Å². The average Bonchev–Trinajstić information content (AvgIpc) is 3.06. The molecule has 2 aromatic rings. The second-order valence-electron chi connectivity index (χ2n) is 5.64. The summed E-state index contributed by atoms with van der Waals surface area (Å²) in [6.07, 6.45) is 1.05. The maximum absolute atomic E-state index is 10.9. The van der Waals surface area contributed by atoms with Crippen molar-refractivity contribution in [3.05, 3.63) is 46.1 Å². The van der Waals surface area contributed by atoms with E-state index in [1.54, 1.807) is 12.1 Å². The fourth-order valence-corrected chi connectivity index (χ4v) is 2.54. The molecule has 1 aromatic carbocycles. The van der Waals surface area contributed by atoms with E-state index in [4.69, 9.17) is 4.74 Å². The largest absolute Gasteiger partial charge is 0.381 e. The van der Waals surface area contributed by atoms with E-state index in [9.17, 15) is 10.1 Å². The van der Waals surface area contributed by atoms with Crippen LogP contribution in [0.25, 0.3) is 11.4 Å². The Balaban J connectivity index is 1.82. The first-order valence-corrected chi connectivity index (χ1v) is 7.54. The normalized spacial score (nSPS) is 17.2. The van der Waals surface area contributed by atoms with Crippen molar-refractivity contribution in [3.8, 4) is 11.4 Å². The zero-order chi connectivity index (χ0) is 16.2. The second kappa shape index (κ2) is 6.70. The van der Waals surface area contributed by atoms with Crippen molar-refractivity contribution in [1.29, 1.82) is 0 Å². The number of nitro benzene ring substituents is 1. The molecule has 0 unspecified atom stereocenters. The van der Waals surface area contributed by atoms with Gasteiger partial charge in [-0.2, -0.15) is 0 Å². The van der Waals surface area contributed by atoms with Gasteiger partial charge in [0.05, 0.1) is 11.5 Å². The maximum Gasteiger partial charge on any atom is 0.270 e. The van der Waals surface area contributed by atoms with Crippen LogP contribution in [0, 0.1) is 23.0 Å². The standard InChI is InChI=1S/C16H18N4O3/c1-11-7-15(17-9-12-5-6-23-10-12)19-16(18-11)13-3-2-4-14(8-13)20(21)22/h2-4,7-8,12H,5-6,9-10H2,1H3,(H,17,18,19)/t12-/m1/s1. The maximum atomic E-state index is 10.9. The minimum absolute atomic E-state index is 0.0326. The lowest BCUT2D eigenvalue weighted by Gasteiger charge is -2.11. The van der Waals surface area contributed by atoms with E-state index >= 15 is 0 Å². The van der Waals surface area contributed by atoms with Gasteiger partial charge in [0.25, 0.3) is 5.69 Å². The van der Waals surface area contributed by atoms with Crippen LogP contribution < -0.4 is 5.32 Å². The molecule has 23 heavy (non-hydrogen) atoms. The van der Waals surface area contributed by atoms with Crippen molar-refractivity contribution in [1.82, 2.24) is 9.97 Å². The summed E-state index contributed by atoms with van der Waals surface area (Å²) in [7, 11) is 0. The molecule has 7 heteroatoms. The van der Waals surface area contributed by atoms with Crippen LogP contribution in [0.1, 0.15) is 12.1 Å². The molecule has 120 valence electrons. The summed E-state index contributed by atoms with van der Waals surface area (Å²) < 4.78 is 5.36. The molecule has 1 aliphatic rings. The van der Waals surface area contributed by atoms with Gasteiger partial charge in [-0.3, -0.25) is 10.1 Å². The van der Waals surface area contributed by atoms with Gasteiger partial charge in [-0.15, -0.1) is 0 Å². The van der Waals surface area contributed by atoms with E-state index in [-0.39, 0.29) is 5.69 Å². The predicted octanol–water partition coefficient (Wildman–Crippen LogP) is 2.81. The van der Waals surface area contributed by atoms with Crippen LogP contribution in [0.5, 0.6) is 0 Å². The van der Waals surface area contributed by atoms with E-state index in [0.29, 0.717) is 17.3 Å². The van der Waals surface area contributed by atoms with Crippen molar-refractivity contribution in [2.75, 3.05) is 25.1 Å². The molecule has 0 radical (unpaired) electrons. The molecule has 1 saturated heterocycles. The number of nitrogens with zero attached hydrogens (tertiary/aromatic N) is 3. The third kappa shape index (κ3) is 3.81. The van der Waals surface area contributed by atoms with Gasteiger partial charge < -0.3 is 10.1 Å². The van der Waals surface area contributed by atoms with Crippen LogP contribution in [0.4, 0.5) is 11.5 Å². The smallest absolute Gasteiger partial charge is 0.270 e. The number of non-ortho nitro benzene ring substituents is 1. The Morgan fingerprint density at radius 1 is 1.39 bits per heavy atom. The molecule has 1 fully saturated rings. The topological polar surface area (TPSA) is 90.2 Å². The Bertz CT molecular complexity index is 714. The Morgan fingerprint density at radius 3 is 3.00 bits per heavy atom. The molecular weight excluding hydrogens is 296 g/mol. The highest BCUT2D eigenvalue weighted by atomic mass is 16.6. The first-order valence-electron chi connectivity index (χ1n) is 7.54. The van der Waals surface area contributed by atoms with Gasteiger partial charge >= 0.3 is 0 Å². The Hall–Kier alpha value is -2.54. The number of aryl methyl sites for hydroxylation is 1. The highest BCUT2D eigenvalue weighted by molar-refractivity contribution is 5.61. The van der Waals surface area contributed by atoms with Gasteiger partial charge in [-0.25, -0.2) is 9.97 Å². The van der Waals surface area contributed by atoms with Crippen molar-refractivity contribution in [2.45, 2.75) is 13.3 Å². The third-order valence-electron chi connectivity index (χ3n) is 3.77. The van der Waals surface area contributed by atoms with E-state index in [0.717, 1.165) is 37.7 Å². The van der Waals surface area contributed by atoms with Crippen LogP contribution in [0.3, 0.4) is 0 Å². The number of benzene rings is 1. The molecule has 3 rings (SSSR count). The van der Waals surface area contributed by atoms with Crippen LogP contribution in [-0.4, -0.2) is 34.6 Å². The third-order valence-corrected chi connectivity index (χ3v) is 3.77. The summed E-state index contributed by atoms with van der Waals surface area (Å²) in [5.74, 6) is 1.70. The van der Waals surface area contributed by atoms with Gasteiger partial charge in [0.1, 0.15) is 5.82 Å². The molecule has 0 bridgehead atoms. The van der Waals surface area contributed by atoms with Crippen molar-refractivity contribution in [3.63, 3.8) is 0 Å². The van der Waals surface area contributed by atoms with Crippen LogP contribution in [0.15, 0.2) is 30.3 Å². The zero-order valence-corrected chi connectivity index (χ0v) is 12.9. The molecule has 1 atom stereocenters. The molecule has 0 aliphatic carbocycles. The molecule has 1 aliphatic heterocycles. The lowest BCUT2D eigenvalue weighted by molar-refractivity contribution is -0.384. The SMILES string of the molecule is Cc1cc(NC[C@H]2CCOC2)nc(-c2cccc([N+](=O)[O-])c2)n1. The Labute approximate surface area is 133 Å². The highest BCUT2D eigenvalue weighted by Gasteiger charge is 2.16. The number of hydrogen-bond donors (Lipinski definition) is 1. The lowest BCUT2D eigenvalue weighted by Crippen LogP contribution is -2.15. The minimum Gasteiger partial charge on any atom is -0.381 e. The molecule has 0 spiro atoms. The minimum atomic E-state index is -0.418. The summed E-state index contributed by atoms with van der Waals surface area (Å²) in [6.45, 7) is 4.26. The van der Waals surface area contributed by atoms with Gasteiger partial charge in [0, 0.05) is 48.5 Å². The summed E-state index contributed by atoms with van der Waals surface area (Å²) >= 11 is 0. The van der Waals surface area contributed by atoms with Crippen LogP contribution in [-0.2, 0) is 4.74 Å². The Morgan fingerprint density at radius 2 is 2.26 bits per heavy atom. The van der Waals surface area contributed by atoms with Gasteiger partial charge in [0.15, 0.2) is 5.82 Å². The van der Waals surface area contributed by atoms with Crippen LogP contribution >= 0.6 is 0 Å². The lowest BCUT2D eigenvalue weighted by atomic mass is 10.1. The number of ether oxygens (including phenoxy) is 1.